The fourth-order valence-corrected chi connectivity index (χ4v) is 14.2. The Kier molecular flexibility index (Phi) is 17.0. The zero-order valence-electron chi connectivity index (χ0n) is 44.5. The van der Waals surface area contributed by atoms with Crippen molar-refractivity contribution in [2.24, 2.45) is 23.2 Å². The Labute approximate surface area is 410 Å². The summed E-state index contributed by atoms with van der Waals surface area (Å²) in [6, 6.07) is 11.4. The third-order valence-corrected chi connectivity index (χ3v) is 15.1. The van der Waals surface area contributed by atoms with Crippen LogP contribution in [0, 0.1) is 23.2 Å². The van der Waals surface area contributed by atoms with Gasteiger partial charge in [0, 0.05) is 46.7 Å². The number of hydrogen-bond acceptors (Lipinski definition) is 11. The fourth-order valence-electron chi connectivity index (χ4n) is 10.6. The minimum absolute atomic E-state index is 0.179. The molecule has 0 amide bonds. The van der Waals surface area contributed by atoms with E-state index in [-0.39, 0.29) is 60.9 Å². The van der Waals surface area contributed by atoms with Crippen LogP contribution in [0.2, 0.25) is 0 Å². The summed E-state index contributed by atoms with van der Waals surface area (Å²) in [4.78, 5) is 18.0. The molecule has 380 valence electrons. The summed E-state index contributed by atoms with van der Waals surface area (Å²) in [5.41, 5.74) is -0.733. The van der Waals surface area contributed by atoms with Crippen molar-refractivity contribution in [1.82, 2.24) is 0 Å². The van der Waals surface area contributed by atoms with Gasteiger partial charge in [-0.25, -0.2) is 0 Å². The van der Waals surface area contributed by atoms with Crippen molar-refractivity contribution in [1.29, 1.82) is 0 Å². The normalized spacial score (nSPS) is 20.4. The second-order valence-corrected chi connectivity index (χ2v) is 24.4. The van der Waals surface area contributed by atoms with Crippen LogP contribution in [0.1, 0.15) is 163 Å². The molecule has 0 radical (unpaired) electrons. The van der Waals surface area contributed by atoms with E-state index in [9.17, 15) is 0 Å². The van der Waals surface area contributed by atoms with E-state index in [0.717, 1.165) is 38.5 Å². The zero-order valence-corrected chi connectivity index (χ0v) is 45.4. The Morgan fingerprint density at radius 1 is 0.382 bits per heavy atom. The Hall–Kier alpha value is -4.32. The highest BCUT2D eigenvalue weighted by atomic mass is 32.3. The lowest BCUT2D eigenvalue weighted by atomic mass is 9.49. The van der Waals surface area contributed by atoms with Gasteiger partial charge < -0.3 is 46.8 Å². The third-order valence-electron chi connectivity index (χ3n) is 11.8. The van der Waals surface area contributed by atoms with Crippen LogP contribution < -0.4 is 42.6 Å². The topological polar surface area (TPSA) is 109 Å². The highest BCUT2D eigenvalue weighted by Gasteiger charge is 2.59. The maximum atomic E-state index is 16.6. The van der Waals surface area contributed by atoms with E-state index in [0.29, 0.717) is 84.2 Å². The number of carbonyl (C=O) groups excluding carboxylic acids is 1. The predicted molar refractivity (Wildman–Crippen MR) is 270 cm³/mol. The van der Waals surface area contributed by atoms with Gasteiger partial charge in [0.05, 0.1) is 60.4 Å². The quantitative estimate of drug-likeness (QED) is 0.0906. The fraction of sp³-hybridized carbons (Fsp3) is 0.661. The first kappa shape index (κ1) is 53.0. The van der Waals surface area contributed by atoms with Gasteiger partial charge in [0.1, 0.15) is 66.4 Å². The SMILES string of the molecule is CC(C)Oc1cc(OC(C)C)c(S(OC(=O)C23CC4CC(CC(C4)C2)C3)(c2c(OC(C)C)cc(OC(C)C)cc2OC(C)C)c2c(OC(C)C)cc(OC(C)C)cc2OC(C)C)c(OC(C)C)c1. The summed E-state index contributed by atoms with van der Waals surface area (Å²) in [6.07, 6.45) is 3.13. The van der Waals surface area contributed by atoms with Crippen molar-refractivity contribution in [3.63, 3.8) is 0 Å². The maximum absolute atomic E-state index is 16.6. The van der Waals surface area contributed by atoms with E-state index in [1.165, 1.54) is 0 Å². The highest BCUT2D eigenvalue weighted by molar-refractivity contribution is 8.30. The standard InChI is InChI=1S/C56H84O11S/c1-31(2)58-43-22-46(61-34(7)8)52(47(23-43)62-35(9)10)68(67-55(57)56-28-40-19-41(29-56)21-42(20-40)30-56,53-48(63-36(11)12)24-44(59-32(3)4)25-49(53)64-37(13)14)54-50(65-38(15)16)26-45(60-33(5)6)27-51(54)66-39(17)18/h22-27,31-42H,19-21,28-30H2,1-18H3. The average Bonchev–Trinajstić information content (AvgIpc) is 3.14. The van der Waals surface area contributed by atoms with Gasteiger partial charge in [-0.3, -0.25) is 4.79 Å². The van der Waals surface area contributed by atoms with Gasteiger partial charge in [-0.15, -0.1) is 0 Å². The molecule has 12 heteroatoms. The van der Waals surface area contributed by atoms with Crippen LogP contribution in [0.3, 0.4) is 0 Å². The Balaban J connectivity index is 1.97. The molecule has 0 spiro atoms. The number of rotatable bonds is 23. The van der Waals surface area contributed by atoms with E-state index < -0.39 is 15.7 Å². The molecule has 11 nitrogen and oxygen atoms in total. The van der Waals surface area contributed by atoms with Crippen LogP contribution in [0.15, 0.2) is 51.1 Å². The summed E-state index contributed by atoms with van der Waals surface area (Å²) in [7, 11) is -3.68. The van der Waals surface area contributed by atoms with E-state index >= 15 is 4.79 Å². The second-order valence-electron chi connectivity index (χ2n) is 21.9. The molecule has 4 aliphatic carbocycles. The van der Waals surface area contributed by atoms with E-state index in [4.69, 9.17) is 46.8 Å². The van der Waals surface area contributed by atoms with E-state index in [1.807, 2.05) is 161 Å². The average molecular weight is 965 g/mol. The smallest absolute Gasteiger partial charge is 0.323 e. The van der Waals surface area contributed by atoms with Crippen LogP contribution in [0.5, 0.6) is 51.7 Å². The molecule has 4 saturated carbocycles. The van der Waals surface area contributed by atoms with Crippen molar-refractivity contribution in [3.05, 3.63) is 36.4 Å². The molecule has 4 bridgehead atoms. The lowest BCUT2D eigenvalue weighted by Crippen LogP contribution is -2.50. The largest absolute Gasteiger partial charge is 0.491 e. The Morgan fingerprint density at radius 2 is 0.588 bits per heavy atom. The molecule has 7 rings (SSSR count). The van der Waals surface area contributed by atoms with Gasteiger partial charge in [-0.2, -0.15) is 0 Å². The Morgan fingerprint density at radius 3 is 0.779 bits per heavy atom. The molecule has 68 heavy (non-hydrogen) atoms. The van der Waals surface area contributed by atoms with Crippen LogP contribution in [-0.4, -0.2) is 60.9 Å². The summed E-state index contributed by atoms with van der Waals surface area (Å²) < 4.78 is 69.9. The molecule has 0 saturated heterocycles. The van der Waals surface area contributed by atoms with E-state index in [1.54, 1.807) is 0 Å². The minimum atomic E-state index is -3.68. The Bertz CT molecular complexity index is 1860. The van der Waals surface area contributed by atoms with E-state index in [2.05, 4.69) is 0 Å². The van der Waals surface area contributed by atoms with Crippen LogP contribution in [-0.2, 0) is 8.98 Å². The summed E-state index contributed by atoms with van der Waals surface area (Å²) >= 11 is 0. The summed E-state index contributed by atoms with van der Waals surface area (Å²) in [6.45, 7) is 35.7. The summed E-state index contributed by atoms with van der Waals surface area (Å²) in [5, 5.41) is 0. The number of hydrogen-bond donors (Lipinski definition) is 0. The van der Waals surface area contributed by atoms with Gasteiger partial charge in [-0.05, 0) is 181 Å². The molecule has 4 fully saturated rings. The van der Waals surface area contributed by atoms with Gasteiger partial charge in [0.2, 0.25) is 0 Å². The van der Waals surface area contributed by atoms with Crippen LogP contribution in [0.25, 0.3) is 0 Å². The van der Waals surface area contributed by atoms with Crippen molar-refractivity contribution < 1.29 is 51.6 Å². The third kappa shape index (κ3) is 12.3. The van der Waals surface area contributed by atoms with Crippen LogP contribution in [0.4, 0.5) is 0 Å². The maximum Gasteiger partial charge on any atom is 0.323 e. The number of ether oxygens (including phenoxy) is 9. The van der Waals surface area contributed by atoms with Crippen molar-refractivity contribution in [3.8, 4) is 51.7 Å². The lowest BCUT2D eigenvalue weighted by molar-refractivity contribution is -0.160. The molecule has 4 aliphatic rings. The second kappa shape index (κ2) is 21.8. The van der Waals surface area contributed by atoms with Gasteiger partial charge in [0.25, 0.3) is 0 Å². The first-order valence-corrected chi connectivity index (χ1v) is 27.0. The number of carbonyl (C=O) groups is 1. The first-order valence-electron chi connectivity index (χ1n) is 25.5. The monoisotopic (exact) mass is 965 g/mol. The lowest BCUT2D eigenvalue weighted by Gasteiger charge is -2.56. The predicted octanol–water partition coefficient (Wildman–Crippen LogP) is 14.7. The molecular weight excluding hydrogens is 881 g/mol. The van der Waals surface area contributed by atoms with Gasteiger partial charge in [0.15, 0.2) is 0 Å². The molecule has 0 aliphatic heterocycles. The van der Waals surface area contributed by atoms with Crippen LogP contribution >= 0.6 is 10.3 Å². The number of benzene rings is 3. The van der Waals surface area contributed by atoms with Crippen molar-refractivity contribution in [2.45, 2.75) is 233 Å². The highest BCUT2D eigenvalue weighted by Crippen LogP contribution is 2.82. The molecule has 0 unspecified atom stereocenters. The molecule has 0 N–H and O–H groups in total. The van der Waals surface area contributed by atoms with Crippen molar-refractivity contribution >= 4 is 16.3 Å². The molecular formula is C56H84O11S. The minimum Gasteiger partial charge on any atom is -0.491 e. The van der Waals surface area contributed by atoms with Crippen molar-refractivity contribution in [2.75, 3.05) is 0 Å². The zero-order chi connectivity index (χ0) is 50.0. The van der Waals surface area contributed by atoms with Gasteiger partial charge >= 0.3 is 5.97 Å². The first-order chi connectivity index (χ1) is 31.9. The molecule has 0 aromatic heterocycles. The van der Waals surface area contributed by atoms with Gasteiger partial charge in [-0.1, -0.05) is 0 Å². The molecule has 3 aromatic rings. The molecule has 0 atom stereocenters. The molecule has 3 aromatic carbocycles. The molecule has 0 heterocycles. The summed E-state index contributed by atoms with van der Waals surface area (Å²) in [5.74, 6) is 5.11.